The number of anilines is 1. The highest BCUT2D eigenvalue weighted by molar-refractivity contribution is 7.09. The van der Waals surface area contributed by atoms with Gasteiger partial charge in [-0.1, -0.05) is 26.0 Å². The van der Waals surface area contributed by atoms with Gasteiger partial charge in [0, 0.05) is 29.4 Å². The summed E-state index contributed by atoms with van der Waals surface area (Å²) >= 11 is 1.40. The van der Waals surface area contributed by atoms with Crippen LogP contribution < -0.4 is 5.32 Å². The smallest absolute Gasteiger partial charge is 0.202 e. The summed E-state index contributed by atoms with van der Waals surface area (Å²) in [6, 6.07) is 7.20. The molecule has 0 bridgehead atoms. The average Bonchev–Trinajstić information content (AvgIpc) is 2.96. The molecule has 1 heterocycles. The third-order valence-electron chi connectivity index (χ3n) is 3.33. The summed E-state index contributed by atoms with van der Waals surface area (Å²) in [4.78, 5) is 4.46. The van der Waals surface area contributed by atoms with E-state index in [4.69, 9.17) is 0 Å². The molecule has 0 radical (unpaired) electrons. The van der Waals surface area contributed by atoms with Crippen molar-refractivity contribution in [2.45, 2.75) is 38.1 Å². The van der Waals surface area contributed by atoms with E-state index in [0.29, 0.717) is 17.9 Å². The molecular formula is C14H16FN3S. The highest BCUT2D eigenvalue weighted by Gasteiger charge is 2.39. The van der Waals surface area contributed by atoms with Crippen LogP contribution in [0, 0.1) is 5.82 Å². The van der Waals surface area contributed by atoms with Crippen molar-refractivity contribution in [1.82, 2.24) is 9.36 Å². The van der Waals surface area contributed by atoms with E-state index in [1.807, 2.05) is 6.07 Å². The zero-order valence-electron chi connectivity index (χ0n) is 10.9. The lowest BCUT2D eigenvalue weighted by molar-refractivity contribution is 0.625. The van der Waals surface area contributed by atoms with Crippen molar-refractivity contribution in [2.75, 3.05) is 5.32 Å². The molecule has 1 N–H and O–H groups in total. The summed E-state index contributed by atoms with van der Waals surface area (Å²) in [6.07, 6.45) is 1.03. The maximum atomic E-state index is 13.2. The van der Waals surface area contributed by atoms with E-state index < -0.39 is 0 Å². The molecule has 2 atom stereocenters. The highest BCUT2D eigenvalue weighted by atomic mass is 32.1. The minimum absolute atomic E-state index is 0.166. The van der Waals surface area contributed by atoms with E-state index >= 15 is 0 Å². The molecule has 2 aromatic rings. The Balaban J connectivity index is 1.64. The summed E-state index contributed by atoms with van der Waals surface area (Å²) in [5, 5.41) is 4.25. The van der Waals surface area contributed by atoms with E-state index in [1.54, 1.807) is 12.1 Å². The fourth-order valence-electron chi connectivity index (χ4n) is 2.15. The molecule has 1 aliphatic rings. The Morgan fingerprint density at radius 2 is 2.26 bits per heavy atom. The van der Waals surface area contributed by atoms with Gasteiger partial charge in [-0.3, -0.25) is 0 Å². The minimum Gasteiger partial charge on any atom is -0.357 e. The Hall–Kier alpha value is -1.49. The molecule has 0 amide bonds. The summed E-state index contributed by atoms with van der Waals surface area (Å²) in [7, 11) is 0. The Morgan fingerprint density at radius 1 is 1.42 bits per heavy atom. The van der Waals surface area contributed by atoms with Crippen LogP contribution in [0.5, 0.6) is 0 Å². The topological polar surface area (TPSA) is 37.8 Å². The van der Waals surface area contributed by atoms with Crippen molar-refractivity contribution in [3.05, 3.63) is 41.5 Å². The van der Waals surface area contributed by atoms with Gasteiger partial charge in [0.15, 0.2) is 0 Å². The third-order valence-corrected chi connectivity index (χ3v) is 3.99. The van der Waals surface area contributed by atoms with Crippen molar-refractivity contribution in [2.24, 2.45) is 0 Å². The second-order valence-corrected chi connectivity index (χ2v) is 6.01. The van der Waals surface area contributed by atoms with Crippen LogP contribution in [0.4, 0.5) is 9.52 Å². The second-order valence-electron chi connectivity index (χ2n) is 5.26. The molecule has 1 aliphatic carbocycles. The lowest BCUT2D eigenvalue weighted by atomic mass is 10.1. The number of halogens is 1. The highest BCUT2D eigenvalue weighted by Crippen LogP contribution is 2.43. The summed E-state index contributed by atoms with van der Waals surface area (Å²) in [6.45, 7) is 4.16. The predicted molar refractivity (Wildman–Crippen MR) is 75.2 cm³/mol. The number of nitrogens with zero attached hydrogens (tertiary/aromatic N) is 2. The van der Waals surface area contributed by atoms with Crippen LogP contribution in [-0.2, 0) is 0 Å². The monoisotopic (exact) mass is 277 g/mol. The van der Waals surface area contributed by atoms with Gasteiger partial charge in [-0.05, 0) is 24.1 Å². The standard InChI is InChI=1S/C14H16FN3S/c1-8(2)13-17-14(19-18-13)16-12-7-11(12)9-4-3-5-10(15)6-9/h3-6,8,11-12H,7H2,1-2H3,(H,16,17,18)/t11-,12+/m0/s1. The normalized spacial score (nSPS) is 21.7. The van der Waals surface area contributed by atoms with Gasteiger partial charge in [0.05, 0.1) is 0 Å². The molecule has 1 fully saturated rings. The number of hydrogen-bond donors (Lipinski definition) is 1. The fraction of sp³-hybridized carbons (Fsp3) is 0.429. The van der Waals surface area contributed by atoms with E-state index in [9.17, 15) is 4.39 Å². The van der Waals surface area contributed by atoms with E-state index in [-0.39, 0.29) is 5.82 Å². The van der Waals surface area contributed by atoms with Gasteiger partial charge in [-0.25, -0.2) is 9.37 Å². The van der Waals surface area contributed by atoms with E-state index in [1.165, 1.54) is 17.6 Å². The van der Waals surface area contributed by atoms with Crippen LogP contribution in [0.3, 0.4) is 0 Å². The number of rotatable bonds is 4. The molecule has 0 saturated heterocycles. The number of aromatic nitrogens is 2. The van der Waals surface area contributed by atoms with E-state index in [0.717, 1.165) is 22.9 Å². The Morgan fingerprint density at radius 3 is 2.95 bits per heavy atom. The first-order valence-electron chi connectivity index (χ1n) is 6.49. The molecule has 5 heteroatoms. The van der Waals surface area contributed by atoms with Gasteiger partial charge in [0.1, 0.15) is 11.6 Å². The van der Waals surface area contributed by atoms with Crippen LogP contribution in [0.25, 0.3) is 0 Å². The molecule has 3 rings (SSSR count). The van der Waals surface area contributed by atoms with Gasteiger partial charge in [0.25, 0.3) is 0 Å². The molecule has 1 aromatic carbocycles. The first-order chi connectivity index (χ1) is 9.13. The number of benzene rings is 1. The van der Waals surface area contributed by atoms with Crippen molar-refractivity contribution >= 4 is 16.7 Å². The van der Waals surface area contributed by atoms with Gasteiger partial charge in [-0.2, -0.15) is 4.37 Å². The van der Waals surface area contributed by atoms with Crippen LogP contribution in [-0.4, -0.2) is 15.4 Å². The molecule has 0 aliphatic heterocycles. The summed E-state index contributed by atoms with van der Waals surface area (Å²) in [5.74, 6) is 1.46. The average molecular weight is 277 g/mol. The third kappa shape index (κ3) is 2.76. The number of nitrogens with one attached hydrogen (secondary N) is 1. The van der Waals surface area contributed by atoms with Gasteiger partial charge in [0.2, 0.25) is 5.13 Å². The molecule has 100 valence electrons. The van der Waals surface area contributed by atoms with Crippen molar-refractivity contribution in [3.8, 4) is 0 Å². The SMILES string of the molecule is CC(C)c1nsc(N[C@@H]2C[C@H]2c2cccc(F)c2)n1. The quantitative estimate of drug-likeness (QED) is 0.924. The maximum absolute atomic E-state index is 13.2. The van der Waals surface area contributed by atoms with Gasteiger partial charge < -0.3 is 5.32 Å². The molecule has 0 unspecified atom stereocenters. The molecule has 1 aromatic heterocycles. The second kappa shape index (κ2) is 4.89. The Labute approximate surface area is 116 Å². The zero-order valence-corrected chi connectivity index (χ0v) is 11.7. The van der Waals surface area contributed by atoms with Crippen LogP contribution in [0.1, 0.15) is 43.5 Å². The number of hydrogen-bond acceptors (Lipinski definition) is 4. The van der Waals surface area contributed by atoms with Gasteiger partial charge >= 0.3 is 0 Å². The van der Waals surface area contributed by atoms with Crippen molar-refractivity contribution < 1.29 is 4.39 Å². The molecular weight excluding hydrogens is 261 g/mol. The maximum Gasteiger partial charge on any atom is 0.202 e. The Kier molecular flexibility index (Phi) is 3.22. The van der Waals surface area contributed by atoms with E-state index in [2.05, 4.69) is 28.5 Å². The Bertz CT molecular complexity index is 582. The molecule has 1 saturated carbocycles. The molecule has 3 nitrogen and oxygen atoms in total. The zero-order chi connectivity index (χ0) is 13.4. The van der Waals surface area contributed by atoms with Crippen molar-refractivity contribution in [3.63, 3.8) is 0 Å². The lowest BCUT2D eigenvalue weighted by Gasteiger charge is -2.02. The first-order valence-corrected chi connectivity index (χ1v) is 7.26. The predicted octanol–water partition coefficient (Wildman–Crippen LogP) is 3.77. The van der Waals surface area contributed by atoms with Crippen LogP contribution >= 0.6 is 11.5 Å². The van der Waals surface area contributed by atoms with Crippen LogP contribution in [0.15, 0.2) is 24.3 Å². The first kappa shape index (κ1) is 12.5. The fourth-order valence-corrected chi connectivity index (χ4v) is 2.92. The van der Waals surface area contributed by atoms with Gasteiger partial charge in [-0.15, -0.1) is 0 Å². The minimum atomic E-state index is -0.166. The van der Waals surface area contributed by atoms with Crippen LogP contribution in [0.2, 0.25) is 0 Å². The largest absolute Gasteiger partial charge is 0.357 e. The van der Waals surface area contributed by atoms with Crippen molar-refractivity contribution in [1.29, 1.82) is 0 Å². The summed E-state index contributed by atoms with van der Waals surface area (Å²) in [5.41, 5.74) is 1.06. The lowest BCUT2D eigenvalue weighted by Crippen LogP contribution is -2.04. The molecule has 19 heavy (non-hydrogen) atoms. The summed E-state index contributed by atoms with van der Waals surface area (Å²) < 4.78 is 17.5. The molecule has 0 spiro atoms.